The van der Waals surface area contributed by atoms with Gasteiger partial charge in [0.15, 0.2) is 11.5 Å². The number of rotatable bonds is 4. The molecule has 2 rings (SSSR count). The molecule has 0 aliphatic carbocycles. The standard InChI is InChI=1S/C12H16O4/c1-8(2)14-6-10(13)9-3-4-11-12(5-9)16-7-15-11/h3-5,8,10,13H,6-7H2,1-2H3. The molecule has 4 heteroatoms. The SMILES string of the molecule is CC(C)OCC(O)c1ccc2c(c1)OCO2. The van der Waals surface area contributed by atoms with Gasteiger partial charge in [-0.05, 0) is 31.5 Å². The lowest BCUT2D eigenvalue weighted by atomic mass is 10.1. The fourth-order valence-corrected chi connectivity index (χ4v) is 1.50. The molecule has 0 bridgehead atoms. The van der Waals surface area contributed by atoms with E-state index in [0.29, 0.717) is 5.75 Å². The highest BCUT2D eigenvalue weighted by molar-refractivity contribution is 5.45. The maximum absolute atomic E-state index is 9.88. The van der Waals surface area contributed by atoms with Gasteiger partial charge < -0.3 is 19.3 Å². The third-order valence-electron chi connectivity index (χ3n) is 2.37. The van der Waals surface area contributed by atoms with Crippen LogP contribution in [0.1, 0.15) is 25.5 Å². The van der Waals surface area contributed by atoms with Crippen LogP contribution in [0, 0.1) is 0 Å². The molecular weight excluding hydrogens is 208 g/mol. The molecule has 0 spiro atoms. The van der Waals surface area contributed by atoms with Crippen molar-refractivity contribution in [1.82, 2.24) is 0 Å². The number of aliphatic hydroxyl groups is 1. The van der Waals surface area contributed by atoms with Crippen LogP contribution in [0.5, 0.6) is 11.5 Å². The molecule has 16 heavy (non-hydrogen) atoms. The molecule has 0 saturated carbocycles. The Bertz CT molecular complexity index is 362. The first-order valence-electron chi connectivity index (χ1n) is 5.36. The van der Waals surface area contributed by atoms with Gasteiger partial charge in [0.1, 0.15) is 6.10 Å². The van der Waals surface area contributed by atoms with Crippen molar-refractivity contribution < 1.29 is 19.3 Å². The van der Waals surface area contributed by atoms with Gasteiger partial charge >= 0.3 is 0 Å². The van der Waals surface area contributed by atoms with Gasteiger partial charge in [-0.25, -0.2) is 0 Å². The van der Waals surface area contributed by atoms with Crippen molar-refractivity contribution in [2.24, 2.45) is 0 Å². The molecule has 88 valence electrons. The highest BCUT2D eigenvalue weighted by Crippen LogP contribution is 2.34. The van der Waals surface area contributed by atoms with Crippen molar-refractivity contribution in [3.63, 3.8) is 0 Å². The zero-order valence-electron chi connectivity index (χ0n) is 9.47. The van der Waals surface area contributed by atoms with Crippen LogP contribution >= 0.6 is 0 Å². The van der Waals surface area contributed by atoms with Crippen LogP contribution in [-0.4, -0.2) is 24.6 Å². The van der Waals surface area contributed by atoms with Crippen LogP contribution in [0.25, 0.3) is 0 Å². The molecule has 1 aliphatic rings. The van der Waals surface area contributed by atoms with Gasteiger partial charge in [-0.15, -0.1) is 0 Å². The van der Waals surface area contributed by atoms with Gasteiger partial charge in [-0.1, -0.05) is 6.07 Å². The number of benzene rings is 1. The Kier molecular flexibility index (Phi) is 3.31. The summed E-state index contributed by atoms with van der Waals surface area (Å²) in [4.78, 5) is 0. The number of aliphatic hydroxyl groups excluding tert-OH is 1. The summed E-state index contributed by atoms with van der Waals surface area (Å²) in [5.74, 6) is 1.40. The topological polar surface area (TPSA) is 47.9 Å². The lowest BCUT2D eigenvalue weighted by molar-refractivity contribution is 0.00487. The summed E-state index contributed by atoms with van der Waals surface area (Å²) in [5, 5.41) is 9.88. The zero-order valence-corrected chi connectivity index (χ0v) is 9.47. The molecule has 0 radical (unpaired) electrons. The molecular formula is C12H16O4. The molecule has 0 amide bonds. The predicted molar refractivity (Wildman–Crippen MR) is 58.6 cm³/mol. The van der Waals surface area contributed by atoms with Crippen LogP contribution in [0.3, 0.4) is 0 Å². The fourth-order valence-electron chi connectivity index (χ4n) is 1.50. The highest BCUT2D eigenvalue weighted by atomic mass is 16.7. The molecule has 1 atom stereocenters. The Morgan fingerprint density at radius 3 is 2.81 bits per heavy atom. The Morgan fingerprint density at radius 1 is 1.31 bits per heavy atom. The number of fused-ring (bicyclic) bond motifs is 1. The molecule has 1 heterocycles. The first-order chi connectivity index (χ1) is 7.66. The van der Waals surface area contributed by atoms with Crippen LogP contribution in [-0.2, 0) is 4.74 Å². The van der Waals surface area contributed by atoms with E-state index in [2.05, 4.69) is 0 Å². The maximum atomic E-state index is 9.88. The molecule has 1 N–H and O–H groups in total. The van der Waals surface area contributed by atoms with Crippen LogP contribution in [0.4, 0.5) is 0 Å². The zero-order chi connectivity index (χ0) is 11.5. The Labute approximate surface area is 94.8 Å². The van der Waals surface area contributed by atoms with E-state index < -0.39 is 6.10 Å². The fraction of sp³-hybridized carbons (Fsp3) is 0.500. The van der Waals surface area contributed by atoms with Gasteiger partial charge in [-0.3, -0.25) is 0 Å². The van der Waals surface area contributed by atoms with Crippen molar-refractivity contribution in [2.75, 3.05) is 13.4 Å². The molecule has 0 saturated heterocycles. The third kappa shape index (κ3) is 2.46. The number of hydrogen-bond donors (Lipinski definition) is 1. The summed E-state index contributed by atoms with van der Waals surface area (Å²) in [5.41, 5.74) is 0.782. The van der Waals surface area contributed by atoms with Crippen molar-refractivity contribution in [1.29, 1.82) is 0 Å². The largest absolute Gasteiger partial charge is 0.454 e. The van der Waals surface area contributed by atoms with Gasteiger partial charge in [0.25, 0.3) is 0 Å². The predicted octanol–water partition coefficient (Wildman–Crippen LogP) is 1.87. The summed E-state index contributed by atoms with van der Waals surface area (Å²) in [6, 6.07) is 5.41. The van der Waals surface area contributed by atoms with E-state index in [1.807, 2.05) is 19.9 Å². The summed E-state index contributed by atoms with van der Waals surface area (Å²) < 4.78 is 15.8. The molecule has 1 unspecified atom stereocenters. The van der Waals surface area contributed by atoms with Gasteiger partial charge in [0.2, 0.25) is 6.79 Å². The van der Waals surface area contributed by atoms with Crippen molar-refractivity contribution in [3.8, 4) is 11.5 Å². The molecule has 0 fully saturated rings. The summed E-state index contributed by atoms with van der Waals surface area (Å²) in [6.45, 7) is 4.41. The lowest BCUT2D eigenvalue weighted by Gasteiger charge is -2.14. The van der Waals surface area contributed by atoms with Crippen molar-refractivity contribution in [3.05, 3.63) is 23.8 Å². The van der Waals surface area contributed by atoms with E-state index in [1.165, 1.54) is 0 Å². The van der Waals surface area contributed by atoms with E-state index in [0.717, 1.165) is 11.3 Å². The minimum absolute atomic E-state index is 0.115. The molecule has 1 aromatic carbocycles. The second-order valence-electron chi connectivity index (χ2n) is 4.01. The summed E-state index contributed by atoms with van der Waals surface area (Å²) in [6.07, 6.45) is -0.513. The highest BCUT2D eigenvalue weighted by Gasteiger charge is 2.16. The average Bonchev–Trinajstić information content (AvgIpc) is 2.72. The maximum Gasteiger partial charge on any atom is 0.231 e. The lowest BCUT2D eigenvalue weighted by Crippen LogP contribution is -2.11. The molecule has 4 nitrogen and oxygen atoms in total. The first-order valence-corrected chi connectivity index (χ1v) is 5.36. The van der Waals surface area contributed by atoms with E-state index in [9.17, 15) is 5.11 Å². The average molecular weight is 224 g/mol. The van der Waals surface area contributed by atoms with Crippen molar-refractivity contribution >= 4 is 0 Å². The second kappa shape index (κ2) is 4.72. The third-order valence-corrected chi connectivity index (χ3v) is 2.37. The van der Waals surface area contributed by atoms with Crippen LogP contribution < -0.4 is 9.47 Å². The van der Waals surface area contributed by atoms with E-state index in [4.69, 9.17) is 14.2 Å². The van der Waals surface area contributed by atoms with Crippen molar-refractivity contribution in [2.45, 2.75) is 26.1 Å². The number of ether oxygens (including phenoxy) is 3. The number of hydrogen-bond acceptors (Lipinski definition) is 4. The molecule has 1 aromatic rings. The Balaban J connectivity index is 2.03. The van der Waals surface area contributed by atoms with Crippen LogP contribution in [0.15, 0.2) is 18.2 Å². The van der Waals surface area contributed by atoms with Gasteiger partial charge in [0, 0.05) is 0 Å². The molecule has 0 aromatic heterocycles. The minimum atomic E-state index is -0.628. The minimum Gasteiger partial charge on any atom is -0.454 e. The normalized spacial score (nSPS) is 15.5. The van der Waals surface area contributed by atoms with E-state index in [-0.39, 0.29) is 19.5 Å². The summed E-state index contributed by atoms with van der Waals surface area (Å²) in [7, 11) is 0. The summed E-state index contributed by atoms with van der Waals surface area (Å²) >= 11 is 0. The van der Waals surface area contributed by atoms with E-state index in [1.54, 1.807) is 12.1 Å². The second-order valence-corrected chi connectivity index (χ2v) is 4.01. The first kappa shape index (κ1) is 11.2. The van der Waals surface area contributed by atoms with Gasteiger partial charge in [0.05, 0.1) is 12.7 Å². The monoisotopic (exact) mass is 224 g/mol. The smallest absolute Gasteiger partial charge is 0.231 e. The van der Waals surface area contributed by atoms with E-state index >= 15 is 0 Å². The van der Waals surface area contributed by atoms with Crippen LogP contribution in [0.2, 0.25) is 0 Å². The Hall–Kier alpha value is -1.26. The molecule has 1 aliphatic heterocycles. The Morgan fingerprint density at radius 2 is 2.06 bits per heavy atom. The quantitative estimate of drug-likeness (QED) is 0.848. The van der Waals surface area contributed by atoms with Gasteiger partial charge in [-0.2, -0.15) is 0 Å².